The summed E-state index contributed by atoms with van der Waals surface area (Å²) in [5.41, 5.74) is 2.32. The summed E-state index contributed by atoms with van der Waals surface area (Å²) in [7, 11) is 2.06. The predicted molar refractivity (Wildman–Crippen MR) is 64.2 cm³/mol. The Morgan fingerprint density at radius 1 is 1.31 bits per heavy atom. The zero-order chi connectivity index (χ0) is 11.5. The fraction of sp³-hybridized carbons (Fsp3) is 0.417. The highest BCUT2D eigenvalue weighted by molar-refractivity contribution is 5.74. The van der Waals surface area contributed by atoms with Crippen molar-refractivity contribution in [3.8, 4) is 0 Å². The van der Waals surface area contributed by atoms with E-state index in [1.54, 1.807) is 0 Å². The van der Waals surface area contributed by atoms with Crippen molar-refractivity contribution in [2.45, 2.75) is 6.42 Å². The number of benzene rings is 1. The van der Waals surface area contributed by atoms with Gasteiger partial charge in [0.05, 0.1) is 17.8 Å². The molecule has 1 heterocycles. The summed E-state index contributed by atoms with van der Waals surface area (Å²) >= 11 is 0. The van der Waals surface area contributed by atoms with Gasteiger partial charge in [-0.05, 0) is 12.1 Å². The van der Waals surface area contributed by atoms with Gasteiger partial charge in [0.15, 0.2) is 0 Å². The number of rotatable bonds is 3. The molecular weight excluding hydrogens is 204 g/mol. The first-order chi connectivity index (χ1) is 7.68. The van der Waals surface area contributed by atoms with Gasteiger partial charge in [-0.25, -0.2) is 0 Å². The van der Waals surface area contributed by atoms with Gasteiger partial charge in [0.1, 0.15) is 0 Å². The van der Waals surface area contributed by atoms with E-state index in [1.165, 1.54) is 5.69 Å². The molecule has 0 saturated carbocycles. The average Bonchev–Trinajstić information content (AvgIpc) is 2.28. The van der Waals surface area contributed by atoms with E-state index >= 15 is 0 Å². The molecule has 1 aromatic rings. The van der Waals surface area contributed by atoms with E-state index in [9.17, 15) is 4.79 Å². The molecule has 86 valence electrons. The number of hydrogen-bond donors (Lipinski definition) is 1. The number of nitrogens with zero attached hydrogens (tertiary/aromatic N) is 2. The lowest BCUT2D eigenvalue weighted by molar-refractivity contribution is -0.136. The fourth-order valence-corrected chi connectivity index (χ4v) is 2.03. The molecule has 0 amide bonds. The molecule has 1 aliphatic heterocycles. The maximum absolute atomic E-state index is 10.6. The summed E-state index contributed by atoms with van der Waals surface area (Å²) in [6.07, 6.45) is 0.193. The fourth-order valence-electron chi connectivity index (χ4n) is 2.03. The second-order valence-electron chi connectivity index (χ2n) is 4.04. The van der Waals surface area contributed by atoms with Gasteiger partial charge in [0, 0.05) is 26.7 Å². The normalized spacial score (nSPS) is 14.8. The summed E-state index contributed by atoms with van der Waals surface area (Å²) in [6.45, 7) is 2.41. The number of para-hydroxylation sites is 2. The van der Waals surface area contributed by atoms with Gasteiger partial charge in [0.2, 0.25) is 0 Å². The molecule has 0 atom stereocenters. The zero-order valence-electron chi connectivity index (χ0n) is 9.39. The number of fused-ring (bicyclic) bond motifs is 1. The molecule has 0 aliphatic carbocycles. The van der Waals surface area contributed by atoms with Crippen LogP contribution in [0.5, 0.6) is 0 Å². The van der Waals surface area contributed by atoms with Crippen LogP contribution in [0, 0.1) is 0 Å². The maximum atomic E-state index is 10.6. The lowest BCUT2D eigenvalue weighted by Gasteiger charge is -2.36. The first-order valence-electron chi connectivity index (χ1n) is 5.45. The second kappa shape index (κ2) is 4.43. The molecule has 0 unspecified atom stereocenters. The molecule has 16 heavy (non-hydrogen) atoms. The molecule has 0 fully saturated rings. The van der Waals surface area contributed by atoms with Crippen LogP contribution in [0.3, 0.4) is 0 Å². The Hall–Kier alpha value is -1.71. The molecule has 0 bridgehead atoms. The molecule has 0 spiro atoms. The summed E-state index contributed by atoms with van der Waals surface area (Å²) in [6, 6.07) is 8.12. The van der Waals surface area contributed by atoms with Gasteiger partial charge < -0.3 is 14.9 Å². The Kier molecular flexibility index (Phi) is 2.99. The molecule has 1 N–H and O–H groups in total. The second-order valence-corrected chi connectivity index (χ2v) is 4.04. The zero-order valence-corrected chi connectivity index (χ0v) is 9.39. The van der Waals surface area contributed by atoms with Crippen LogP contribution in [-0.4, -0.2) is 37.8 Å². The van der Waals surface area contributed by atoms with Crippen LogP contribution in [-0.2, 0) is 4.79 Å². The van der Waals surface area contributed by atoms with Crippen LogP contribution in [0.4, 0.5) is 11.4 Å². The van der Waals surface area contributed by atoms with E-state index in [0.717, 1.165) is 18.8 Å². The lowest BCUT2D eigenvalue weighted by atomic mass is 10.1. The predicted octanol–water partition coefficient (Wildman–Crippen LogP) is 1.42. The van der Waals surface area contributed by atoms with Crippen LogP contribution in [0.1, 0.15) is 6.42 Å². The molecule has 0 radical (unpaired) electrons. The van der Waals surface area contributed by atoms with E-state index in [-0.39, 0.29) is 6.42 Å². The van der Waals surface area contributed by atoms with Gasteiger partial charge in [-0.1, -0.05) is 12.1 Å². The SMILES string of the molecule is CN1CCN(CCC(=O)O)c2ccccc21. The maximum Gasteiger partial charge on any atom is 0.305 e. The number of carbonyl (C=O) groups is 1. The number of hydrogen-bond acceptors (Lipinski definition) is 3. The van der Waals surface area contributed by atoms with Gasteiger partial charge in [-0.2, -0.15) is 0 Å². The first kappa shape index (κ1) is 10.8. The van der Waals surface area contributed by atoms with Crippen molar-refractivity contribution in [2.75, 3.05) is 36.5 Å². The van der Waals surface area contributed by atoms with Crippen molar-refractivity contribution >= 4 is 17.3 Å². The third-order valence-corrected chi connectivity index (χ3v) is 2.93. The van der Waals surface area contributed by atoms with Crippen LogP contribution < -0.4 is 9.80 Å². The summed E-state index contributed by atoms with van der Waals surface area (Å²) in [4.78, 5) is 14.9. The minimum Gasteiger partial charge on any atom is -0.481 e. The Morgan fingerprint density at radius 3 is 2.69 bits per heavy atom. The largest absolute Gasteiger partial charge is 0.481 e. The minimum atomic E-state index is -0.739. The molecule has 0 saturated heterocycles. The van der Waals surface area contributed by atoms with Crippen LogP contribution in [0.2, 0.25) is 0 Å². The Morgan fingerprint density at radius 2 is 2.00 bits per heavy atom. The Balaban J connectivity index is 2.18. The third kappa shape index (κ3) is 2.10. The summed E-state index contributed by atoms with van der Waals surface area (Å²) < 4.78 is 0. The summed E-state index contributed by atoms with van der Waals surface area (Å²) in [5.74, 6) is -0.739. The van der Waals surface area contributed by atoms with Gasteiger partial charge in [-0.15, -0.1) is 0 Å². The molecule has 4 nitrogen and oxygen atoms in total. The first-order valence-corrected chi connectivity index (χ1v) is 5.45. The average molecular weight is 220 g/mol. The lowest BCUT2D eigenvalue weighted by Crippen LogP contribution is -2.40. The smallest absolute Gasteiger partial charge is 0.305 e. The van der Waals surface area contributed by atoms with E-state index < -0.39 is 5.97 Å². The van der Waals surface area contributed by atoms with E-state index in [4.69, 9.17) is 5.11 Å². The molecule has 1 aliphatic rings. The van der Waals surface area contributed by atoms with Crippen molar-refractivity contribution in [2.24, 2.45) is 0 Å². The molecular formula is C12H16N2O2. The summed E-state index contributed by atoms with van der Waals surface area (Å²) in [5, 5.41) is 8.71. The Labute approximate surface area is 95.1 Å². The van der Waals surface area contributed by atoms with Crippen LogP contribution in [0.25, 0.3) is 0 Å². The van der Waals surface area contributed by atoms with Crippen molar-refractivity contribution < 1.29 is 9.90 Å². The topological polar surface area (TPSA) is 43.8 Å². The van der Waals surface area contributed by atoms with E-state index in [2.05, 4.69) is 22.9 Å². The monoisotopic (exact) mass is 220 g/mol. The quantitative estimate of drug-likeness (QED) is 0.836. The van der Waals surface area contributed by atoms with Crippen LogP contribution in [0.15, 0.2) is 24.3 Å². The highest BCUT2D eigenvalue weighted by atomic mass is 16.4. The minimum absolute atomic E-state index is 0.193. The number of carboxylic acid groups (broad SMARTS) is 1. The number of anilines is 2. The number of aliphatic carboxylic acids is 1. The molecule has 4 heteroatoms. The number of likely N-dealkylation sites (N-methyl/N-ethyl adjacent to an activating group) is 1. The van der Waals surface area contributed by atoms with Gasteiger partial charge in [0.25, 0.3) is 0 Å². The number of carboxylic acids is 1. The van der Waals surface area contributed by atoms with E-state index in [0.29, 0.717) is 6.54 Å². The van der Waals surface area contributed by atoms with Crippen molar-refractivity contribution in [1.82, 2.24) is 0 Å². The van der Waals surface area contributed by atoms with Crippen LogP contribution >= 0.6 is 0 Å². The van der Waals surface area contributed by atoms with Crippen molar-refractivity contribution in [3.63, 3.8) is 0 Å². The Bertz CT molecular complexity index is 392. The molecule has 1 aromatic carbocycles. The third-order valence-electron chi connectivity index (χ3n) is 2.93. The highest BCUT2D eigenvalue weighted by Gasteiger charge is 2.19. The standard InChI is InChI=1S/C12H16N2O2/c1-13-8-9-14(7-6-12(15)16)11-5-3-2-4-10(11)13/h2-5H,6-9H2,1H3,(H,15,16). The highest BCUT2D eigenvalue weighted by Crippen LogP contribution is 2.31. The van der Waals surface area contributed by atoms with Crippen molar-refractivity contribution in [1.29, 1.82) is 0 Å². The van der Waals surface area contributed by atoms with Gasteiger partial charge in [-0.3, -0.25) is 4.79 Å². The van der Waals surface area contributed by atoms with Gasteiger partial charge >= 0.3 is 5.97 Å². The van der Waals surface area contributed by atoms with Crippen molar-refractivity contribution in [3.05, 3.63) is 24.3 Å². The van der Waals surface area contributed by atoms with E-state index in [1.807, 2.05) is 18.2 Å². The molecule has 2 rings (SSSR count). The molecule has 0 aromatic heterocycles.